The van der Waals surface area contributed by atoms with E-state index in [1.165, 1.54) is 29.2 Å². The second-order valence-corrected chi connectivity index (χ2v) is 4.83. The van der Waals surface area contributed by atoms with Crippen molar-refractivity contribution >= 4 is 17.6 Å². The lowest BCUT2D eigenvalue weighted by Crippen LogP contribution is -2.21. The summed E-state index contributed by atoms with van der Waals surface area (Å²) in [6.07, 6.45) is 0. The number of hydrogen-bond acceptors (Lipinski definition) is 4. The van der Waals surface area contributed by atoms with Crippen LogP contribution in [0.15, 0.2) is 30.3 Å². The zero-order valence-corrected chi connectivity index (χ0v) is 12.0. The average Bonchev–Trinajstić information content (AvgIpc) is 2.47. The Morgan fingerprint density at radius 2 is 1.91 bits per heavy atom. The van der Waals surface area contributed by atoms with Crippen molar-refractivity contribution in [1.82, 2.24) is 9.88 Å². The first kappa shape index (κ1) is 15.4. The summed E-state index contributed by atoms with van der Waals surface area (Å²) in [6, 6.07) is 6.58. The molecule has 0 radical (unpaired) electrons. The standard InChI is InChI=1S/C15H14FN3O3/c1-19(2)14(20)8-3-4-10(16)9(7-8)12-6-5-11(17)13(18-12)15(21)22/h3-7H,17H2,1-2H3,(H,21,22). The van der Waals surface area contributed by atoms with Gasteiger partial charge in [0.2, 0.25) is 0 Å². The fourth-order valence-electron chi connectivity index (χ4n) is 1.90. The second kappa shape index (κ2) is 5.80. The van der Waals surface area contributed by atoms with Gasteiger partial charge >= 0.3 is 5.97 Å². The van der Waals surface area contributed by atoms with E-state index >= 15 is 0 Å². The predicted octanol–water partition coefficient (Wildman–Crippen LogP) is 1.87. The molecule has 3 N–H and O–H groups in total. The minimum atomic E-state index is -1.31. The normalized spacial score (nSPS) is 10.3. The molecule has 0 atom stereocenters. The summed E-state index contributed by atoms with van der Waals surface area (Å²) in [5.74, 6) is -2.21. The number of nitrogens with two attached hydrogens (primary N) is 1. The average molecular weight is 303 g/mol. The summed E-state index contributed by atoms with van der Waals surface area (Å²) < 4.78 is 14.0. The quantitative estimate of drug-likeness (QED) is 0.902. The molecule has 0 aliphatic carbocycles. The Morgan fingerprint density at radius 1 is 1.23 bits per heavy atom. The van der Waals surface area contributed by atoms with Crippen LogP contribution in [-0.4, -0.2) is 41.0 Å². The molecule has 1 heterocycles. The summed E-state index contributed by atoms with van der Waals surface area (Å²) in [4.78, 5) is 28.2. The number of pyridine rings is 1. The van der Waals surface area contributed by atoms with E-state index in [4.69, 9.17) is 10.8 Å². The maximum atomic E-state index is 14.0. The summed E-state index contributed by atoms with van der Waals surface area (Å²) in [6.45, 7) is 0. The van der Waals surface area contributed by atoms with Crippen molar-refractivity contribution in [2.24, 2.45) is 0 Å². The molecule has 0 aliphatic heterocycles. The van der Waals surface area contributed by atoms with Gasteiger partial charge in [0.15, 0.2) is 5.69 Å². The van der Waals surface area contributed by atoms with Crippen LogP contribution in [0, 0.1) is 5.82 Å². The van der Waals surface area contributed by atoms with Gasteiger partial charge in [0.25, 0.3) is 5.91 Å². The van der Waals surface area contributed by atoms with E-state index in [-0.39, 0.29) is 34.1 Å². The topological polar surface area (TPSA) is 96.5 Å². The molecule has 0 saturated carbocycles. The van der Waals surface area contributed by atoms with Gasteiger partial charge in [-0.1, -0.05) is 0 Å². The number of nitrogens with zero attached hydrogens (tertiary/aromatic N) is 2. The third-order valence-electron chi connectivity index (χ3n) is 3.02. The van der Waals surface area contributed by atoms with E-state index < -0.39 is 11.8 Å². The van der Waals surface area contributed by atoms with Crippen LogP contribution in [0.1, 0.15) is 20.8 Å². The van der Waals surface area contributed by atoms with Crippen LogP contribution in [0.3, 0.4) is 0 Å². The molecular formula is C15H14FN3O3. The number of rotatable bonds is 3. The van der Waals surface area contributed by atoms with Gasteiger partial charge in [-0.15, -0.1) is 0 Å². The Labute approximate surface area is 126 Å². The number of carboxylic acid groups (broad SMARTS) is 1. The molecule has 1 aromatic carbocycles. The van der Waals surface area contributed by atoms with Gasteiger partial charge in [0.05, 0.1) is 11.4 Å². The highest BCUT2D eigenvalue weighted by Gasteiger charge is 2.16. The Morgan fingerprint density at radius 3 is 2.50 bits per heavy atom. The maximum absolute atomic E-state index is 14.0. The van der Waals surface area contributed by atoms with Crippen molar-refractivity contribution in [2.45, 2.75) is 0 Å². The first-order chi connectivity index (χ1) is 10.3. The SMILES string of the molecule is CN(C)C(=O)c1ccc(F)c(-c2ccc(N)c(C(=O)O)n2)c1. The first-order valence-corrected chi connectivity index (χ1v) is 6.32. The Kier molecular flexibility index (Phi) is 4.07. The highest BCUT2D eigenvalue weighted by Crippen LogP contribution is 2.25. The van der Waals surface area contributed by atoms with Crippen molar-refractivity contribution in [3.63, 3.8) is 0 Å². The first-order valence-electron chi connectivity index (χ1n) is 6.32. The van der Waals surface area contributed by atoms with E-state index in [2.05, 4.69) is 4.98 Å². The zero-order chi connectivity index (χ0) is 16.4. The second-order valence-electron chi connectivity index (χ2n) is 4.83. The number of benzene rings is 1. The highest BCUT2D eigenvalue weighted by atomic mass is 19.1. The number of amides is 1. The number of carboxylic acids is 1. The molecule has 1 aromatic heterocycles. The fraction of sp³-hybridized carbons (Fsp3) is 0.133. The van der Waals surface area contributed by atoms with Gasteiger partial charge in [0.1, 0.15) is 5.82 Å². The minimum absolute atomic E-state index is 0.0165. The van der Waals surface area contributed by atoms with Gasteiger partial charge in [-0.05, 0) is 30.3 Å². The monoisotopic (exact) mass is 303 g/mol. The molecule has 6 nitrogen and oxygen atoms in total. The largest absolute Gasteiger partial charge is 0.476 e. The van der Waals surface area contributed by atoms with Gasteiger partial charge in [-0.25, -0.2) is 14.2 Å². The number of aromatic nitrogens is 1. The van der Waals surface area contributed by atoms with Crippen LogP contribution in [-0.2, 0) is 0 Å². The van der Waals surface area contributed by atoms with Crippen molar-refractivity contribution < 1.29 is 19.1 Å². The summed E-state index contributed by atoms with van der Waals surface area (Å²) in [5.41, 5.74) is 5.56. The predicted molar refractivity (Wildman–Crippen MR) is 79.0 cm³/mol. The molecule has 1 amide bonds. The molecule has 0 fully saturated rings. The van der Waals surface area contributed by atoms with Crippen LogP contribution in [0.5, 0.6) is 0 Å². The van der Waals surface area contributed by atoms with Gasteiger partial charge in [-0.2, -0.15) is 0 Å². The lowest BCUT2D eigenvalue weighted by molar-refractivity contribution is 0.0691. The van der Waals surface area contributed by atoms with Crippen LogP contribution < -0.4 is 5.73 Å². The Hall–Kier alpha value is -2.96. The van der Waals surface area contributed by atoms with Crippen LogP contribution >= 0.6 is 0 Å². The fourth-order valence-corrected chi connectivity index (χ4v) is 1.90. The van der Waals surface area contributed by atoms with Crippen molar-refractivity contribution in [3.8, 4) is 11.3 Å². The van der Waals surface area contributed by atoms with Crippen LogP contribution in [0.25, 0.3) is 11.3 Å². The number of anilines is 1. The summed E-state index contributed by atoms with van der Waals surface area (Å²) in [5, 5.41) is 9.02. The summed E-state index contributed by atoms with van der Waals surface area (Å²) >= 11 is 0. The highest BCUT2D eigenvalue weighted by molar-refractivity contribution is 5.95. The maximum Gasteiger partial charge on any atom is 0.356 e. The number of aromatic carboxylic acids is 1. The molecule has 2 aromatic rings. The Bertz CT molecular complexity index is 760. The van der Waals surface area contributed by atoms with Gasteiger partial charge in [0, 0.05) is 25.2 Å². The minimum Gasteiger partial charge on any atom is -0.476 e. The van der Waals surface area contributed by atoms with E-state index in [0.717, 1.165) is 6.07 Å². The van der Waals surface area contributed by atoms with E-state index in [1.807, 2.05) is 0 Å². The number of hydrogen-bond donors (Lipinski definition) is 2. The van der Waals surface area contributed by atoms with Crippen molar-refractivity contribution in [2.75, 3.05) is 19.8 Å². The van der Waals surface area contributed by atoms with Gasteiger partial charge in [-0.3, -0.25) is 4.79 Å². The van der Waals surface area contributed by atoms with E-state index in [1.54, 1.807) is 14.1 Å². The Balaban J connectivity index is 2.57. The number of carbonyl (C=O) groups is 2. The third-order valence-corrected chi connectivity index (χ3v) is 3.02. The number of carbonyl (C=O) groups excluding carboxylic acids is 1. The molecule has 2 rings (SSSR count). The van der Waals surface area contributed by atoms with E-state index in [0.29, 0.717) is 0 Å². The van der Waals surface area contributed by atoms with Crippen LogP contribution in [0.4, 0.5) is 10.1 Å². The van der Waals surface area contributed by atoms with Crippen molar-refractivity contribution in [1.29, 1.82) is 0 Å². The molecule has 22 heavy (non-hydrogen) atoms. The lowest BCUT2D eigenvalue weighted by atomic mass is 10.1. The number of nitrogen functional groups attached to an aromatic ring is 1. The molecule has 0 unspecified atom stereocenters. The molecular weight excluding hydrogens is 289 g/mol. The van der Waals surface area contributed by atoms with Gasteiger partial charge < -0.3 is 15.7 Å². The van der Waals surface area contributed by atoms with Crippen LogP contribution in [0.2, 0.25) is 0 Å². The van der Waals surface area contributed by atoms with E-state index in [9.17, 15) is 14.0 Å². The molecule has 0 saturated heterocycles. The summed E-state index contributed by atoms with van der Waals surface area (Å²) in [7, 11) is 3.16. The molecule has 0 bridgehead atoms. The number of halogens is 1. The lowest BCUT2D eigenvalue weighted by Gasteiger charge is -2.12. The van der Waals surface area contributed by atoms with Crippen molar-refractivity contribution in [3.05, 3.63) is 47.4 Å². The smallest absolute Gasteiger partial charge is 0.356 e. The molecule has 114 valence electrons. The molecule has 0 aliphatic rings. The third kappa shape index (κ3) is 2.88. The molecule has 0 spiro atoms. The molecule has 7 heteroatoms. The zero-order valence-electron chi connectivity index (χ0n) is 12.0.